The van der Waals surface area contributed by atoms with Crippen molar-refractivity contribution in [1.82, 2.24) is 4.98 Å². The van der Waals surface area contributed by atoms with Gasteiger partial charge in [-0.3, -0.25) is 4.98 Å². The number of rotatable bonds is 3. The van der Waals surface area contributed by atoms with Crippen LogP contribution in [0.4, 0.5) is 0 Å². The highest BCUT2D eigenvalue weighted by Gasteiger charge is 2.01. The minimum Gasteiger partial charge on any atom is -0.455 e. The molecular formula is C12H11BrN2O. The van der Waals surface area contributed by atoms with Gasteiger partial charge in [-0.15, -0.1) is 0 Å². The summed E-state index contributed by atoms with van der Waals surface area (Å²) < 4.78 is 6.57. The first-order chi connectivity index (χ1) is 7.79. The fraction of sp³-hybridized carbons (Fsp3) is 0.0833. The molecule has 3 nitrogen and oxygen atoms in total. The first kappa shape index (κ1) is 11.1. The molecule has 0 amide bonds. The quantitative estimate of drug-likeness (QED) is 0.939. The predicted molar refractivity (Wildman–Crippen MR) is 66.3 cm³/mol. The van der Waals surface area contributed by atoms with Gasteiger partial charge >= 0.3 is 0 Å². The third-order valence-electron chi connectivity index (χ3n) is 2.07. The summed E-state index contributed by atoms with van der Waals surface area (Å²) in [5.41, 5.74) is 6.31. The van der Waals surface area contributed by atoms with Gasteiger partial charge in [0, 0.05) is 6.54 Å². The second-order valence-corrected chi connectivity index (χ2v) is 4.08. The van der Waals surface area contributed by atoms with Gasteiger partial charge in [0.2, 0.25) is 0 Å². The van der Waals surface area contributed by atoms with Crippen molar-refractivity contribution in [3.63, 3.8) is 0 Å². The maximum atomic E-state index is 5.66. The Morgan fingerprint density at radius 1 is 1.19 bits per heavy atom. The standard InChI is InChI=1S/C12H11BrN2O/c13-11-3-1-2-4-12(11)16-10-6-5-9(7-14)15-8-10/h1-6,8H,7,14H2. The number of nitrogens with zero attached hydrogens (tertiary/aromatic N) is 1. The normalized spacial score (nSPS) is 10.1. The number of benzene rings is 1. The Morgan fingerprint density at radius 2 is 2.00 bits per heavy atom. The zero-order valence-electron chi connectivity index (χ0n) is 8.56. The molecule has 0 saturated carbocycles. The molecule has 1 aromatic heterocycles. The zero-order valence-corrected chi connectivity index (χ0v) is 10.1. The lowest BCUT2D eigenvalue weighted by Crippen LogP contribution is -1.98. The predicted octanol–water partition coefficient (Wildman–Crippen LogP) is 3.10. The molecule has 0 unspecified atom stereocenters. The Bertz CT molecular complexity index is 471. The SMILES string of the molecule is NCc1ccc(Oc2ccccc2Br)cn1. The Labute approximate surface area is 102 Å². The Kier molecular flexibility index (Phi) is 3.54. The van der Waals surface area contributed by atoms with Crippen molar-refractivity contribution in [2.45, 2.75) is 6.54 Å². The fourth-order valence-electron chi connectivity index (χ4n) is 1.25. The highest BCUT2D eigenvalue weighted by molar-refractivity contribution is 9.10. The molecule has 0 fully saturated rings. The summed E-state index contributed by atoms with van der Waals surface area (Å²) in [4.78, 5) is 4.16. The van der Waals surface area contributed by atoms with E-state index in [9.17, 15) is 0 Å². The summed E-state index contributed by atoms with van der Waals surface area (Å²) in [7, 11) is 0. The van der Waals surface area contributed by atoms with Crippen molar-refractivity contribution in [3.05, 3.63) is 52.8 Å². The number of hydrogen-bond donors (Lipinski definition) is 1. The van der Waals surface area contributed by atoms with Gasteiger partial charge in [-0.2, -0.15) is 0 Å². The van der Waals surface area contributed by atoms with Gasteiger partial charge in [0.25, 0.3) is 0 Å². The lowest BCUT2D eigenvalue weighted by molar-refractivity contribution is 0.477. The molecule has 0 bridgehead atoms. The van der Waals surface area contributed by atoms with Crippen LogP contribution < -0.4 is 10.5 Å². The van der Waals surface area contributed by atoms with E-state index in [0.717, 1.165) is 15.9 Å². The minimum atomic E-state index is 0.440. The molecule has 4 heteroatoms. The van der Waals surface area contributed by atoms with E-state index in [-0.39, 0.29) is 0 Å². The van der Waals surface area contributed by atoms with Gasteiger partial charge in [0.15, 0.2) is 0 Å². The molecule has 0 atom stereocenters. The number of halogens is 1. The topological polar surface area (TPSA) is 48.1 Å². The van der Waals surface area contributed by atoms with Gasteiger partial charge in [0.05, 0.1) is 16.4 Å². The monoisotopic (exact) mass is 278 g/mol. The second kappa shape index (κ2) is 5.09. The average molecular weight is 279 g/mol. The van der Waals surface area contributed by atoms with Gasteiger partial charge < -0.3 is 10.5 Å². The molecule has 82 valence electrons. The van der Waals surface area contributed by atoms with Gasteiger partial charge in [-0.25, -0.2) is 0 Å². The maximum absolute atomic E-state index is 5.66. The zero-order chi connectivity index (χ0) is 11.4. The molecular weight excluding hydrogens is 268 g/mol. The van der Waals surface area contributed by atoms with Crippen molar-refractivity contribution in [2.24, 2.45) is 5.73 Å². The van der Waals surface area contributed by atoms with E-state index in [4.69, 9.17) is 10.5 Å². The van der Waals surface area contributed by atoms with Crippen molar-refractivity contribution in [1.29, 1.82) is 0 Å². The highest BCUT2D eigenvalue weighted by Crippen LogP contribution is 2.28. The molecule has 0 saturated heterocycles. The van der Waals surface area contributed by atoms with Gasteiger partial charge in [0.1, 0.15) is 11.5 Å². The number of para-hydroxylation sites is 1. The van der Waals surface area contributed by atoms with Crippen LogP contribution in [0.1, 0.15) is 5.69 Å². The van der Waals surface area contributed by atoms with Crippen LogP contribution in [0.2, 0.25) is 0 Å². The Hall–Kier alpha value is -1.39. The number of hydrogen-bond acceptors (Lipinski definition) is 3. The van der Waals surface area contributed by atoms with Crippen LogP contribution >= 0.6 is 15.9 Å². The van der Waals surface area contributed by atoms with Gasteiger partial charge in [-0.05, 0) is 40.2 Å². The van der Waals surface area contributed by atoms with Crippen molar-refractivity contribution in [3.8, 4) is 11.5 Å². The molecule has 0 radical (unpaired) electrons. The number of nitrogens with two attached hydrogens (primary N) is 1. The number of aromatic nitrogens is 1. The first-order valence-electron chi connectivity index (χ1n) is 4.87. The smallest absolute Gasteiger partial charge is 0.145 e. The van der Waals surface area contributed by atoms with E-state index in [1.807, 2.05) is 36.4 Å². The minimum absolute atomic E-state index is 0.440. The largest absolute Gasteiger partial charge is 0.455 e. The molecule has 0 aliphatic heterocycles. The van der Waals surface area contributed by atoms with Crippen LogP contribution in [0, 0.1) is 0 Å². The number of ether oxygens (including phenoxy) is 1. The van der Waals surface area contributed by atoms with Crippen LogP contribution in [-0.4, -0.2) is 4.98 Å². The summed E-state index contributed by atoms with van der Waals surface area (Å²) in [5, 5.41) is 0. The van der Waals surface area contributed by atoms with Crippen LogP contribution in [0.25, 0.3) is 0 Å². The fourth-order valence-corrected chi connectivity index (χ4v) is 1.61. The lowest BCUT2D eigenvalue weighted by atomic mass is 10.3. The van der Waals surface area contributed by atoms with E-state index in [0.29, 0.717) is 12.3 Å². The van der Waals surface area contributed by atoms with Gasteiger partial charge in [-0.1, -0.05) is 12.1 Å². The van der Waals surface area contributed by atoms with Crippen LogP contribution in [0.15, 0.2) is 47.1 Å². The van der Waals surface area contributed by atoms with Crippen LogP contribution in [0.5, 0.6) is 11.5 Å². The molecule has 0 spiro atoms. The molecule has 0 aliphatic carbocycles. The second-order valence-electron chi connectivity index (χ2n) is 3.22. The third-order valence-corrected chi connectivity index (χ3v) is 2.73. The van der Waals surface area contributed by atoms with E-state index >= 15 is 0 Å². The summed E-state index contributed by atoms with van der Waals surface area (Å²) >= 11 is 3.42. The molecule has 2 aromatic rings. The third kappa shape index (κ3) is 2.59. The molecule has 16 heavy (non-hydrogen) atoms. The van der Waals surface area contributed by atoms with Crippen molar-refractivity contribution < 1.29 is 4.74 Å². The Balaban J connectivity index is 2.18. The van der Waals surface area contributed by atoms with E-state index in [1.54, 1.807) is 6.20 Å². The van der Waals surface area contributed by atoms with Crippen molar-refractivity contribution in [2.75, 3.05) is 0 Å². The summed E-state index contributed by atoms with van der Waals surface area (Å²) in [6, 6.07) is 11.4. The molecule has 1 aromatic carbocycles. The molecule has 1 heterocycles. The Morgan fingerprint density at radius 3 is 2.62 bits per heavy atom. The summed E-state index contributed by atoms with van der Waals surface area (Å²) in [6.45, 7) is 0.440. The highest BCUT2D eigenvalue weighted by atomic mass is 79.9. The summed E-state index contributed by atoms with van der Waals surface area (Å²) in [5.74, 6) is 1.47. The van der Waals surface area contributed by atoms with Crippen LogP contribution in [0.3, 0.4) is 0 Å². The molecule has 0 aliphatic rings. The van der Waals surface area contributed by atoms with Crippen LogP contribution in [-0.2, 0) is 6.54 Å². The maximum Gasteiger partial charge on any atom is 0.145 e. The van der Waals surface area contributed by atoms with Crippen molar-refractivity contribution >= 4 is 15.9 Å². The van der Waals surface area contributed by atoms with E-state index < -0.39 is 0 Å². The number of pyridine rings is 1. The van der Waals surface area contributed by atoms with E-state index in [1.165, 1.54) is 0 Å². The van der Waals surface area contributed by atoms with E-state index in [2.05, 4.69) is 20.9 Å². The summed E-state index contributed by atoms with van der Waals surface area (Å²) in [6.07, 6.45) is 1.67. The molecule has 2 N–H and O–H groups in total. The molecule has 2 rings (SSSR count). The lowest BCUT2D eigenvalue weighted by Gasteiger charge is -2.07. The average Bonchev–Trinajstić information content (AvgIpc) is 2.33. The first-order valence-corrected chi connectivity index (χ1v) is 5.66.